The summed E-state index contributed by atoms with van der Waals surface area (Å²) in [5.41, 5.74) is 2.92. The molecule has 156 valence electrons. The summed E-state index contributed by atoms with van der Waals surface area (Å²) < 4.78 is 16.4. The molecule has 4 rings (SSSR count). The Hall–Kier alpha value is -3.89. The Kier molecular flexibility index (Phi) is 5.83. The zero-order chi connectivity index (χ0) is 21.8. The fourth-order valence-corrected chi connectivity index (χ4v) is 3.01. The van der Waals surface area contributed by atoms with Crippen molar-refractivity contribution >= 4 is 35.8 Å². The largest absolute Gasteiger partial charge is 0.491 e. The standard InChI is InChI=1S/C21H19BN4O5/c1-3-19(27)24-14-5-4-6-16(10-14)31-20-18(29-2)11-23-21(26-20)25-15-7-8-17-13(9-15)12-30-22(17)28/h3-11,28H,1,12H2,2H3,(H,24,27)(H,23,25,26). The normalized spacial score (nSPS) is 12.1. The molecule has 0 saturated heterocycles. The number of aromatic nitrogens is 2. The summed E-state index contributed by atoms with van der Waals surface area (Å²) in [4.78, 5) is 20.2. The third-order valence-electron chi connectivity index (χ3n) is 4.51. The smallest absolute Gasteiger partial charge is 0.490 e. The molecule has 1 amide bonds. The van der Waals surface area contributed by atoms with E-state index >= 15 is 0 Å². The van der Waals surface area contributed by atoms with Gasteiger partial charge in [-0.05, 0) is 41.4 Å². The van der Waals surface area contributed by atoms with E-state index in [0.29, 0.717) is 29.7 Å². The molecule has 0 radical (unpaired) electrons. The quantitative estimate of drug-likeness (QED) is 0.396. The molecule has 0 fully saturated rings. The van der Waals surface area contributed by atoms with E-state index in [1.54, 1.807) is 36.4 Å². The van der Waals surface area contributed by atoms with Gasteiger partial charge >= 0.3 is 7.12 Å². The van der Waals surface area contributed by atoms with Gasteiger partial charge in [-0.1, -0.05) is 18.7 Å². The molecule has 3 N–H and O–H groups in total. The maximum atomic E-state index is 11.5. The molecular weight excluding hydrogens is 399 g/mol. The number of nitrogens with zero attached hydrogens (tertiary/aromatic N) is 2. The average Bonchev–Trinajstić information content (AvgIpc) is 3.14. The first kappa shape index (κ1) is 20.4. The van der Waals surface area contributed by atoms with Crippen LogP contribution < -0.4 is 25.6 Å². The van der Waals surface area contributed by atoms with Crippen LogP contribution in [0.1, 0.15) is 5.56 Å². The van der Waals surface area contributed by atoms with E-state index in [2.05, 4.69) is 27.2 Å². The van der Waals surface area contributed by atoms with Crippen molar-refractivity contribution in [1.29, 1.82) is 0 Å². The van der Waals surface area contributed by atoms with E-state index < -0.39 is 7.12 Å². The van der Waals surface area contributed by atoms with E-state index in [9.17, 15) is 9.82 Å². The van der Waals surface area contributed by atoms with E-state index in [0.717, 1.165) is 16.7 Å². The Morgan fingerprint density at radius 3 is 2.97 bits per heavy atom. The van der Waals surface area contributed by atoms with E-state index in [4.69, 9.17) is 14.1 Å². The van der Waals surface area contributed by atoms with Gasteiger partial charge in [0.2, 0.25) is 11.9 Å². The molecule has 3 aromatic rings. The number of nitrogens with one attached hydrogen (secondary N) is 2. The molecular formula is C21H19BN4O5. The molecule has 0 unspecified atom stereocenters. The van der Waals surface area contributed by atoms with E-state index in [1.807, 2.05) is 6.07 Å². The van der Waals surface area contributed by atoms with Gasteiger partial charge in [-0.3, -0.25) is 4.79 Å². The van der Waals surface area contributed by atoms with Gasteiger partial charge < -0.3 is 29.8 Å². The van der Waals surface area contributed by atoms with Crippen molar-refractivity contribution in [3.05, 3.63) is 66.9 Å². The van der Waals surface area contributed by atoms with Gasteiger partial charge in [-0.15, -0.1) is 0 Å². The number of rotatable bonds is 7. The highest BCUT2D eigenvalue weighted by molar-refractivity contribution is 6.61. The number of carbonyl (C=O) groups excluding carboxylic acids is 1. The topological polar surface area (TPSA) is 115 Å². The monoisotopic (exact) mass is 418 g/mol. The molecule has 1 aliphatic rings. The van der Waals surface area contributed by atoms with Crippen molar-refractivity contribution < 1.29 is 23.9 Å². The van der Waals surface area contributed by atoms with Crippen LogP contribution in [0.4, 0.5) is 17.3 Å². The number of hydrogen-bond donors (Lipinski definition) is 3. The minimum Gasteiger partial charge on any atom is -0.490 e. The zero-order valence-corrected chi connectivity index (χ0v) is 16.7. The van der Waals surface area contributed by atoms with Crippen LogP contribution in [-0.2, 0) is 16.1 Å². The molecule has 1 aromatic heterocycles. The van der Waals surface area contributed by atoms with Gasteiger partial charge in [0.1, 0.15) is 5.75 Å². The molecule has 10 heteroatoms. The van der Waals surface area contributed by atoms with Crippen molar-refractivity contribution in [2.75, 3.05) is 17.7 Å². The highest BCUT2D eigenvalue weighted by atomic mass is 16.5. The Morgan fingerprint density at radius 1 is 1.29 bits per heavy atom. The SMILES string of the molecule is C=CC(=O)Nc1cccc(Oc2nc(Nc3ccc4c(c3)COB4O)ncc2OC)c1. The first-order valence-corrected chi connectivity index (χ1v) is 9.37. The highest BCUT2D eigenvalue weighted by Gasteiger charge is 2.27. The van der Waals surface area contributed by atoms with Crippen LogP contribution in [-0.4, -0.2) is 35.1 Å². The molecule has 31 heavy (non-hydrogen) atoms. The first-order chi connectivity index (χ1) is 15.1. The molecule has 1 aliphatic heterocycles. The van der Waals surface area contributed by atoms with E-state index in [1.165, 1.54) is 19.4 Å². The second kappa shape index (κ2) is 8.86. The molecule has 0 spiro atoms. The van der Waals surface area contributed by atoms with Gasteiger partial charge in [0.15, 0.2) is 5.75 Å². The van der Waals surface area contributed by atoms with Gasteiger partial charge in [0.25, 0.3) is 5.88 Å². The van der Waals surface area contributed by atoms with Crippen LogP contribution in [0.15, 0.2) is 61.3 Å². The molecule has 0 saturated carbocycles. The van der Waals surface area contributed by atoms with Crippen molar-refractivity contribution in [3.63, 3.8) is 0 Å². The van der Waals surface area contributed by atoms with Crippen molar-refractivity contribution in [3.8, 4) is 17.4 Å². The van der Waals surface area contributed by atoms with Crippen LogP contribution in [0.2, 0.25) is 0 Å². The number of fused-ring (bicyclic) bond motifs is 1. The summed E-state index contributed by atoms with van der Waals surface area (Å²) in [5, 5.41) is 15.5. The summed E-state index contributed by atoms with van der Waals surface area (Å²) >= 11 is 0. The predicted octanol–water partition coefficient (Wildman–Crippen LogP) is 2.36. The van der Waals surface area contributed by atoms with Crippen molar-refractivity contribution in [2.24, 2.45) is 0 Å². The van der Waals surface area contributed by atoms with Crippen LogP contribution in [0.25, 0.3) is 0 Å². The second-order valence-corrected chi connectivity index (χ2v) is 6.59. The third-order valence-corrected chi connectivity index (χ3v) is 4.51. The minimum atomic E-state index is -0.895. The maximum absolute atomic E-state index is 11.5. The molecule has 0 atom stereocenters. The lowest BCUT2D eigenvalue weighted by Gasteiger charge is -2.12. The number of anilines is 3. The number of methoxy groups -OCH3 is 1. The number of carbonyl (C=O) groups is 1. The number of hydrogen-bond acceptors (Lipinski definition) is 8. The van der Waals surface area contributed by atoms with Crippen molar-refractivity contribution in [1.82, 2.24) is 9.97 Å². The average molecular weight is 418 g/mol. The highest BCUT2D eigenvalue weighted by Crippen LogP contribution is 2.31. The van der Waals surface area contributed by atoms with Crippen LogP contribution >= 0.6 is 0 Å². The lowest BCUT2D eigenvalue weighted by molar-refractivity contribution is -0.111. The summed E-state index contributed by atoms with van der Waals surface area (Å²) in [6, 6.07) is 12.3. The molecule has 2 heterocycles. The summed E-state index contributed by atoms with van der Waals surface area (Å²) in [5.74, 6) is 0.971. The summed E-state index contributed by atoms with van der Waals surface area (Å²) in [6.45, 7) is 3.77. The van der Waals surface area contributed by atoms with Crippen LogP contribution in [0.5, 0.6) is 17.4 Å². The Bertz CT molecular complexity index is 1140. The lowest BCUT2D eigenvalue weighted by Crippen LogP contribution is -2.27. The fraction of sp³-hybridized carbons (Fsp3) is 0.0952. The van der Waals surface area contributed by atoms with Gasteiger partial charge in [-0.25, -0.2) is 4.98 Å². The minimum absolute atomic E-state index is 0.201. The molecule has 0 aliphatic carbocycles. The van der Waals surface area contributed by atoms with Gasteiger partial charge in [0, 0.05) is 17.4 Å². The van der Waals surface area contributed by atoms with Gasteiger partial charge in [-0.2, -0.15) is 4.98 Å². The van der Waals surface area contributed by atoms with E-state index in [-0.39, 0.29) is 11.8 Å². The Labute approximate surface area is 178 Å². The van der Waals surface area contributed by atoms with Gasteiger partial charge in [0.05, 0.1) is 19.9 Å². The lowest BCUT2D eigenvalue weighted by atomic mass is 9.79. The number of ether oxygens (including phenoxy) is 2. The summed E-state index contributed by atoms with van der Waals surface area (Å²) in [7, 11) is 0.596. The predicted molar refractivity (Wildman–Crippen MR) is 116 cm³/mol. The maximum Gasteiger partial charge on any atom is 0.491 e. The van der Waals surface area contributed by atoms with Crippen LogP contribution in [0, 0.1) is 0 Å². The summed E-state index contributed by atoms with van der Waals surface area (Å²) in [6.07, 6.45) is 2.68. The fourth-order valence-electron chi connectivity index (χ4n) is 3.01. The zero-order valence-electron chi connectivity index (χ0n) is 16.7. The first-order valence-electron chi connectivity index (χ1n) is 9.37. The number of amides is 1. The van der Waals surface area contributed by atoms with Crippen LogP contribution in [0.3, 0.4) is 0 Å². The van der Waals surface area contributed by atoms with Crippen molar-refractivity contribution in [2.45, 2.75) is 6.61 Å². The Morgan fingerprint density at radius 2 is 2.16 bits per heavy atom. The third kappa shape index (κ3) is 4.66. The molecule has 2 aromatic carbocycles. The molecule has 0 bridgehead atoms. The Balaban J connectivity index is 1.55. The second-order valence-electron chi connectivity index (χ2n) is 6.59. The molecule has 9 nitrogen and oxygen atoms in total. The number of benzene rings is 2.